The molecule has 0 aromatic carbocycles. The first-order valence-corrected chi connectivity index (χ1v) is 7.89. The van der Waals surface area contributed by atoms with E-state index in [4.69, 9.17) is 0 Å². The molecule has 0 unspecified atom stereocenters. The molecule has 0 saturated heterocycles. The van der Waals surface area contributed by atoms with Gasteiger partial charge in [-0.1, -0.05) is 19.9 Å². The summed E-state index contributed by atoms with van der Waals surface area (Å²) in [6, 6.07) is 5.18. The van der Waals surface area contributed by atoms with E-state index in [2.05, 4.69) is 14.9 Å². The molecule has 7 heteroatoms. The number of pyridine rings is 1. The molecule has 104 valence electrons. The zero-order valence-corrected chi connectivity index (χ0v) is 12.1. The highest BCUT2D eigenvalue weighted by atomic mass is 32.2. The Morgan fingerprint density at radius 2 is 2.05 bits per heavy atom. The van der Waals surface area contributed by atoms with E-state index in [9.17, 15) is 8.42 Å². The summed E-state index contributed by atoms with van der Waals surface area (Å²) < 4.78 is 28.0. The van der Waals surface area contributed by atoms with Crippen LogP contribution in [0.15, 0.2) is 24.4 Å². The maximum absolute atomic E-state index is 11.8. The van der Waals surface area contributed by atoms with Crippen molar-refractivity contribution in [3.8, 4) is 0 Å². The molecule has 0 fully saturated rings. The lowest BCUT2D eigenvalue weighted by molar-refractivity contribution is 0.441. The van der Waals surface area contributed by atoms with E-state index in [-0.39, 0.29) is 17.7 Å². The van der Waals surface area contributed by atoms with Gasteiger partial charge >= 0.3 is 0 Å². The van der Waals surface area contributed by atoms with Gasteiger partial charge in [0.25, 0.3) is 0 Å². The molecule has 19 heavy (non-hydrogen) atoms. The number of nitrogens with zero attached hydrogens (tertiary/aromatic N) is 3. The van der Waals surface area contributed by atoms with Crippen molar-refractivity contribution in [2.24, 2.45) is 5.92 Å². The van der Waals surface area contributed by atoms with Crippen molar-refractivity contribution >= 4 is 15.7 Å². The van der Waals surface area contributed by atoms with Gasteiger partial charge in [-0.2, -0.15) is 0 Å². The summed E-state index contributed by atoms with van der Waals surface area (Å²) in [5, 5.41) is 8.18. The SMILES string of the molecule is CCS(=O)(=O)N[C@H](c1nnc2ccccn12)C(C)C. The Morgan fingerprint density at radius 1 is 1.32 bits per heavy atom. The summed E-state index contributed by atoms with van der Waals surface area (Å²) in [5.41, 5.74) is 0.707. The zero-order valence-electron chi connectivity index (χ0n) is 11.2. The third-order valence-electron chi connectivity index (χ3n) is 2.97. The van der Waals surface area contributed by atoms with Gasteiger partial charge in [0.15, 0.2) is 11.5 Å². The second-order valence-corrected chi connectivity index (χ2v) is 6.77. The first-order chi connectivity index (χ1) is 8.94. The van der Waals surface area contributed by atoms with Gasteiger partial charge in [-0.25, -0.2) is 13.1 Å². The van der Waals surface area contributed by atoms with E-state index in [0.29, 0.717) is 11.5 Å². The summed E-state index contributed by atoms with van der Waals surface area (Å²) in [4.78, 5) is 0. The van der Waals surface area contributed by atoms with Crippen LogP contribution in [-0.4, -0.2) is 28.8 Å². The highest BCUT2D eigenvalue weighted by molar-refractivity contribution is 7.89. The minimum absolute atomic E-state index is 0.0486. The maximum Gasteiger partial charge on any atom is 0.211 e. The van der Waals surface area contributed by atoms with Crippen LogP contribution in [0, 0.1) is 5.92 Å². The highest BCUT2D eigenvalue weighted by Gasteiger charge is 2.25. The predicted molar refractivity (Wildman–Crippen MR) is 73.2 cm³/mol. The first kappa shape index (κ1) is 14.0. The number of hydrogen-bond acceptors (Lipinski definition) is 4. The van der Waals surface area contributed by atoms with Crippen molar-refractivity contribution in [1.82, 2.24) is 19.3 Å². The molecule has 1 N–H and O–H groups in total. The highest BCUT2D eigenvalue weighted by Crippen LogP contribution is 2.21. The topological polar surface area (TPSA) is 76.4 Å². The van der Waals surface area contributed by atoms with Crippen molar-refractivity contribution in [2.45, 2.75) is 26.8 Å². The number of rotatable bonds is 5. The van der Waals surface area contributed by atoms with Gasteiger partial charge in [-0.05, 0) is 25.0 Å². The Balaban J connectivity index is 2.45. The number of fused-ring (bicyclic) bond motifs is 1. The normalized spacial score (nSPS) is 14.1. The third-order valence-corrected chi connectivity index (χ3v) is 4.34. The summed E-state index contributed by atoms with van der Waals surface area (Å²) >= 11 is 0. The van der Waals surface area contributed by atoms with Crippen molar-refractivity contribution < 1.29 is 8.42 Å². The van der Waals surface area contributed by atoms with Crippen LogP contribution in [0.25, 0.3) is 5.65 Å². The average Bonchev–Trinajstić information content (AvgIpc) is 2.79. The molecule has 1 atom stereocenters. The lowest BCUT2D eigenvalue weighted by Crippen LogP contribution is -2.34. The Hall–Kier alpha value is -1.47. The van der Waals surface area contributed by atoms with E-state index in [0.717, 1.165) is 0 Å². The van der Waals surface area contributed by atoms with Gasteiger partial charge in [-0.15, -0.1) is 10.2 Å². The summed E-state index contributed by atoms with van der Waals surface area (Å²) in [6.45, 7) is 5.52. The standard InChI is InChI=1S/C12H18N4O2S/c1-4-19(17,18)15-11(9(2)3)12-14-13-10-7-5-6-8-16(10)12/h5-9,11,15H,4H2,1-3H3/t11-/m0/s1. The van der Waals surface area contributed by atoms with E-state index in [1.807, 2.05) is 42.6 Å². The Bertz CT molecular complexity index is 663. The molecule has 0 aliphatic rings. The van der Waals surface area contributed by atoms with Crippen LogP contribution in [-0.2, 0) is 10.0 Å². The monoisotopic (exact) mass is 282 g/mol. The predicted octanol–water partition coefficient (Wildman–Crippen LogP) is 1.37. The van der Waals surface area contributed by atoms with E-state index >= 15 is 0 Å². The van der Waals surface area contributed by atoms with Crippen molar-refractivity contribution in [3.05, 3.63) is 30.2 Å². The van der Waals surface area contributed by atoms with Crippen LogP contribution < -0.4 is 4.72 Å². The molecule has 0 saturated carbocycles. The molecular weight excluding hydrogens is 264 g/mol. The van der Waals surface area contributed by atoms with Gasteiger partial charge in [-0.3, -0.25) is 4.40 Å². The molecule has 0 aliphatic heterocycles. The molecule has 2 aromatic rings. The van der Waals surface area contributed by atoms with E-state index in [1.54, 1.807) is 6.92 Å². The van der Waals surface area contributed by atoms with Gasteiger partial charge in [0.2, 0.25) is 10.0 Å². The minimum Gasteiger partial charge on any atom is -0.285 e. The molecule has 0 radical (unpaired) electrons. The largest absolute Gasteiger partial charge is 0.285 e. The first-order valence-electron chi connectivity index (χ1n) is 6.24. The average molecular weight is 282 g/mol. The number of aromatic nitrogens is 3. The van der Waals surface area contributed by atoms with Crippen molar-refractivity contribution in [3.63, 3.8) is 0 Å². The Morgan fingerprint density at radius 3 is 2.68 bits per heavy atom. The smallest absolute Gasteiger partial charge is 0.211 e. The molecule has 2 rings (SSSR count). The number of nitrogens with one attached hydrogen (secondary N) is 1. The molecule has 2 heterocycles. The van der Waals surface area contributed by atoms with Gasteiger partial charge in [0, 0.05) is 6.20 Å². The molecule has 6 nitrogen and oxygen atoms in total. The second-order valence-electron chi connectivity index (χ2n) is 4.73. The fourth-order valence-corrected chi connectivity index (χ4v) is 2.77. The van der Waals surface area contributed by atoms with Gasteiger partial charge in [0.05, 0.1) is 11.8 Å². The molecular formula is C12H18N4O2S. The van der Waals surface area contributed by atoms with Crippen molar-refractivity contribution in [2.75, 3.05) is 5.75 Å². The summed E-state index contributed by atoms with van der Waals surface area (Å²) in [7, 11) is -3.29. The van der Waals surface area contributed by atoms with Crippen LogP contribution in [0.5, 0.6) is 0 Å². The van der Waals surface area contributed by atoms with Crippen LogP contribution in [0.3, 0.4) is 0 Å². The number of hydrogen-bond donors (Lipinski definition) is 1. The van der Waals surface area contributed by atoms with Crippen LogP contribution in [0.2, 0.25) is 0 Å². The molecule has 0 spiro atoms. The van der Waals surface area contributed by atoms with Crippen LogP contribution in [0.1, 0.15) is 32.6 Å². The van der Waals surface area contributed by atoms with Crippen LogP contribution >= 0.6 is 0 Å². The molecule has 0 bridgehead atoms. The second kappa shape index (κ2) is 5.26. The lowest BCUT2D eigenvalue weighted by Gasteiger charge is -2.20. The zero-order chi connectivity index (χ0) is 14.0. The maximum atomic E-state index is 11.8. The Kier molecular flexibility index (Phi) is 3.86. The van der Waals surface area contributed by atoms with Gasteiger partial charge < -0.3 is 0 Å². The van der Waals surface area contributed by atoms with Gasteiger partial charge in [0.1, 0.15) is 0 Å². The minimum atomic E-state index is -3.29. The summed E-state index contributed by atoms with van der Waals surface area (Å²) in [6.07, 6.45) is 1.83. The fourth-order valence-electron chi connectivity index (χ4n) is 1.84. The fraction of sp³-hybridized carbons (Fsp3) is 0.500. The lowest BCUT2D eigenvalue weighted by atomic mass is 10.1. The third kappa shape index (κ3) is 2.93. The molecule has 2 aromatic heterocycles. The Labute approximate surface area is 112 Å². The molecule has 0 aliphatic carbocycles. The van der Waals surface area contributed by atoms with E-state index in [1.165, 1.54) is 0 Å². The summed E-state index contributed by atoms with van der Waals surface area (Å²) in [5.74, 6) is 0.740. The quantitative estimate of drug-likeness (QED) is 0.898. The van der Waals surface area contributed by atoms with E-state index < -0.39 is 10.0 Å². The van der Waals surface area contributed by atoms with Crippen molar-refractivity contribution in [1.29, 1.82) is 0 Å². The van der Waals surface area contributed by atoms with Crippen LogP contribution in [0.4, 0.5) is 0 Å². The number of sulfonamides is 1. The molecule has 0 amide bonds.